The van der Waals surface area contributed by atoms with E-state index in [1.165, 1.54) is 7.05 Å². The molecule has 0 radical (unpaired) electrons. The van der Waals surface area contributed by atoms with Crippen LogP contribution >= 0.6 is 23.4 Å². The molecule has 0 bridgehead atoms. The Labute approximate surface area is 161 Å². The van der Waals surface area contributed by atoms with E-state index in [1.807, 2.05) is 19.1 Å². The summed E-state index contributed by atoms with van der Waals surface area (Å²) in [7, 11) is 1.44. The standard InChI is InChI=1S/C17H20ClN5O2S/c1-4-12-13(10-5-7-11(18)8-6-10)14(19)22-17(21-12)26-9(2)15(24)23-16(25)20-3/h5-9H,4H2,1-3H3,(H2,19,21,22)(H2,20,23,24,25)/t9-/m1/s1. The number of anilines is 1. The van der Waals surface area contributed by atoms with E-state index in [-0.39, 0.29) is 0 Å². The molecule has 0 saturated carbocycles. The number of hydrogen-bond donors (Lipinski definition) is 3. The van der Waals surface area contributed by atoms with E-state index in [4.69, 9.17) is 17.3 Å². The summed E-state index contributed by atoms with van der Waals surface area (Å²) in [4.78, 5) is 32.1. The van der Waals surface area contributed by atoms with Gasteiger partial charge in [-0.3, -0.25) is 10.1 Å². The topological polar surface area (TPSA) is 110 Å². The SMILES string of the molecule is CCc1nc(S[C@H](C)C(=O)NC(=O)NC)nc(N)c1-c1ccc(Cl)cc1. The average molecular weight is 394 g/mol. The number of rotatable bonds is 5. The fourth-order valence-corrected chi connectivity index (χ4v) is 3.15. The summed E-state index contributed by atoms with van der Waals surface area (Å²) >= 11 is 7.08. The third kappa shape index (κ3) is 4.86. The maximum absolute atomic E-state index is 12.0. The first-order chi connectivity index (χ1) is 12.3. The minimum Gasteiger partial charge on any atom is -0.383 e. The zero-order valence-electron chi connectivity index (χ0n) is 14.7. The number of thioether (sulfide) groups is 1. The van der Waals surface area contributed by atoms with Crippen LogP contribution < -0.4 is 16.4 Å². The molecule has 0 aliphatic carbocycles. The third-order valence-electron chi connectivity index (χ3n) is 3.57. The molecule has 1 aromatic carbocycles. The number of nitrogens with zero attached hydrogens (tertiary/aromatic N) is 2. The molecule has 2 rings (SSSR count). The van der Waals surface area contributed by atoms with Crippen molar-refractivity contribution in [1.29, 1.82) is 0 Å². The van der Waals surface area contributed by atoms with Crippen molar-refractivity contribution in [2.75, 3.05) is 12.8 Å². The Balaban J connectivity index is 2.27. The quantitative estimate of drug-likeness (QED) is 0.532. The van der Waals surface area contributed by atoms with E-state index in [0.717, 1.165) is 28.6 Å². The van der Waals surface area contributed by atoms with Gasteiger partial charge in [0, 0.05) is 17.6 Å². The number of aromatic nitrogens is 2. The van der Waals surface area contributed by atoms with Gasteiger partial charge in [0.05, 0.1) is 10.9 Å². The molecular weight excluding hydrogens is 374 g/mol. The Morgan fingerprint density at radius 1 is 1.27 bits per heavy atom. The van der Waals surface area contributed by atoms with Crippen LogP contribution in [0, 0.1) is 0 Å². The molecule has 2 aromatic rings. The summed E-state index contributed by atoms with van der Waals surface area (Å²) < 4.78 is 0. The Kier molecular flexibility index (Phi) is 6.82. The van der Waals surface area contributed by atoms with Crippen LogP contribution in [0.5, 0.6) is 0 Å². The van der Waals surface area contributed by atoms with Gasteiger partial charge in [-0.1, -0.05) is 42.4 Å². The first kappa shape index (κ1) is 20.0. The molecule has 138 valence electrons. The van der Waals surface area contributed by atoms with Gasteiger partial charge in [-0.25, -0.2) is 14.8 Å². The lowest BCUT2D eigenvalue weighted by Gasteiger charge is -2.14. The fraction of sp³-hybridized carbons (Fsp3) is 0.294. The number of amides is 3. The lowest BCUT2D eigenvalue weighted by Crippen LogP contribution is -2.41. The van der Waals surface area contributed by atoms with E-state index < -0.39 is 17.2 Å². The summed E-state index contributed by atoms with van der Waals surface area (Å²) in [5.74, 6) is -0.100. The third-order valence-corrected chi connectivity index (χ3v) is 4.79. The maximum Gasteiger partial charge on any atom is 0.321 e. The molecule has 0 saturated heterocycles. The van der Waals surface area contributed by atoms with Gasteiger partial charge in [0.1, 0.15) is 5.82 Å². The number of halogens is 1. The van der Waals surface area contributed by atoms with E-state index in [1.54, 1.807) is 19.1 Å². The predicted molar refractivity (Wildman–Crippen MR) is 104 cm³/mol. The largest absolute Gasteiger partial charge is 0.383 e. The molecule has 1 aromatic heterocycles. The van der Waals surface area contributed by atoms with Crippen molar-refractivity contribution in [1.82, 2.24) is 20.6 Å². The van der Waals surface area contributed by atoms with Crippen LogP contribution in [-0.4, -0.2) is 34.2 Å². The number of carbonyl (C=O) groups is 2. The van der Waals surface area contributed by atoms with E-state index >= 15 is 0 Å². The van der Waals surface area contributed by atoms with Crippen LogP contribution in [-0.2, 0) is 11.2 Å². The molecule has 3 amide bonds. The summed E-state index contributed by atoms with van der Waals surface area (Å²) in [6, 6.07) is 6.73. The van der Waals surface area contributed by atoms with Crippen LogP contribution in [0.4, 0.5) is 10.6 Å². The summed E-state index contributed by atoms with van der Waals surface area (Å²) in [5.41, 5.74) is 8.58. The van der Waals surface area contributed by atoms with Crippen LogP contribution in [0.1, 0.15) is 19.5 Å². The highest BCUT2D eigenvalue weighted by Crippen LogP contribution is 2.31. The Hall–Kier alpha value is -2.32. The molecular formula is C17H20ClN5O2S. The zero-order valence-corrected chi connectivity index (χ0v) is 16.2. The number of nitrogens with one attached hydrogen (secondary N) is 2. The fourth-order valence-electron chi connectivity index (χ4n) is 2.23. The first-order valence-corrected chi connectivity index (χ1v) is 9.23. The Bertz CT molecular complexity index is 814. The highest BCUT2D eigenvalue weighted by molar-refractivity contribution is 8.00. The Morgan fingerprint density at radius 2 is 1.92 bits per heavy atom. The second kappa shape index (κ2) is 8.86. The molecule has 0 aliphatic rings. The molecule has 0 spiro atoms. The van der Waals surface area contributed by atoms with E-state index in [2.05, 4.69) is 20.6 Å². The Morgan fingerprint density at radius 3 is 2.50 bits per heavy atom. The first-order valence-electron chi connectivity index (χ1n) is 7.97. The van der Waals surface area contributed by atoms with Crippen molar-refractivity contribution in [2.45, 2.75) is 30.7 Å². The van der Waals surface area contributed by atoms with Gasteiger partial charge in [0.15, 0.2) is 5.16 Å². The molecule has 1 atom stereocenters. The van der Waals surface area contributed by atoms with Gasteiger partial charge >= 0.3 is 6.03 Å². The number of urea groups is 1. The van der Waals surface area contributed by atoms with Gasteiger partial charge in [-0.15, -0.1) is 0 Å². The van der Waals surface area contributed by atoms with Gasteiger partial charge in [0.25, 0.3) is 0 Å². The highest BCUT2D eigenvalue weighted by atomic mass is 35.5. The molecule has 9 heteroatoms. The molecule has 0 aliphatic heterocycles. The summed E-state index contributed by atoms with van der Waals surface area (Å²) in [6.07, 6.45) is 0.650. The predicted octanol–water partition coefficient (Wildman–Crippen LogP) is 2.88. The maximum atomic E-state index is 12.0. The summed E-state index contributed by atoms with van der Waals surface area (Å²) in [5, 5.41) is 5.02. The summed E-state index contributed by atoms with van der Waals surface area (Å²) in [6.45, 7) is 3.64. The van der Waals surface area contributed by atoms with Crippen molar-refractivity contribution in [3.63, 3.8) is 0 Å². The van der Waals surface area contributed by atoms with Gasteiger partial charge < -0.3 is 11.1 Å². The lowest BCUT2D eigenvalue weighted by molar-refractivity contribution is -0.119. The van der Waals surface area contributed by atoms with Crippen LogP contribution in [0.3, 0.4) is 0 Å². The van der Waals surface area contributed by atoms with E-state index in [0.29, 0.717) is 22.4 Å². The van der Waals surface area contributed by atoms with Gasteiger partial charge in [-0.2, -0.15) is 0 Å². The molecule has 0 fully saturated rings. The van der Waals surface area contributed by atoms with Crippen LogP contribution in [0.15, 0.2) is 29.4 Å². The number of nitrogens with two attached hydrogens (primary N) is 1. The minimum absolute atomic E-state index is 0.334. The minimum atomic E-state index is -0.560. The van der Waals surface area contributed by atoms with Gasteiger partial charge in [0.2, 0.25) is 5.91 Å². The molecule has 0 unspecified atom stereocenters. The second-order valence-corrected chi connectivity index (χ2v) is 7.15. The number of aryl methyl sites for hydroxylation is 1. The van der Waals surface area contributed by atoms with Crippen molar-refractivity contribution in [3.05, 3.63) is 35.0 Å². The number of nitrogen functional groups attached to an aromatic ring is 1. The second-order valence-electron chi connectivity index (χ2n) is 5.40. The monoisotopic (exact) mass is 393 g/mol. The van der Waals surface area contributed by atoms with Crippen molar-refractivity contribution < 1.29 is 9.59 Å². The normalized spacial score (nSPS) is 11.7. The molecule has 26 heavy (non-hydrogen) atoms. The smallest absolute Gasteiger partial charge is 0.321 e. The number of carbonyl (C=O) groups excluding carboxylic acids is 2. The lowest BCUT2D eigenvalue weighted by atomic mass is 10.0. The molecule has 7 nitrogen and oxygen atoms in total. The van der Waals surface area contributed by atoms with Crippen LogP contribution in [0.2, 0.25) is 5.02 Å². The number of imide groups is 1. The highest BCUT2D eigenvalue weighted by Gasteiger charge is 2.20. The van der Waals surface area contributed by atoms with Crippen LogP contribution in [0.25, 0.3) is 11.1 Å². The van der Waals surface area contributed by atoms with Crippen molar-refractivity contribution in [2.24, 2.45) is 0 Å². The zero-order chi connectivity index (χ0) is 19.3. The van der Waals surface area contributed by atoms with Crippen molar-refractivity contribution >= 4 is 41.1 Å². The number of benzene rings is 1. The van der Waals surface area contributed by atoms with Gasteiger partial charge in [-0.05, 0) is 31.0 Å². The van der Waals surface area contributed by atoms with E-state index in [9.17, 15) is 9.59 Å². The molecule has 1 heterocycles. The number of hydrogen-bond acceptors (Lipinski definition) is 6. The average Bonchev–Trinajstić information content (AvgIpc) is 2.62. The molecule has 4 N–H and O–H groups in total. The van der Waals surface area contributed by atoms with Crippen molar-refractivity contribution in [3.8, 4) is 11.1 Å².